The fourth-order valence-electron chi connectivity index (χ4n) is 3.47. The summed E-state index contributed by atoms with van der Waals surface area (Å²) in [6.45, 7) is 0. The zero-order chi connectivity index (χ0) is 21.4. The first-order chi connectivity index (χ1) is 14.3. The van der Waals surface area contributed by atoms with Crippen molar-refractivity contribution >= 4 is 21.4 Å². The van der Waals surface area contributed by atoms with E-state index in [1.165, 1.54) is 17.1 Å². The second-order valence-electron chi connectivity index (χ2n) is 6.99. The van der Waals surface area contributed by atoms with E-state index in [4.69, 9.17) is 9.88 Å². The molecular formula is C22H21N3O4S. The number of nitrogens with two attached hydrogens (primary N) is 1. The number of anilines is 1. The van der Waals surface area contributed by atoms with Gasteiger partial charge in [0.15, 0.2) is 5.72 Å². The number of ether oxygens (including phenoxy) is 1. The van der Waals surface area contributed by atoms with Crippen LogP contribution in [0.4, 0.5) is 5.69 Å². The van der Waals surface area contributed by atoms with E-state index in [0.29, 0.717) is 22.7 Å². The van der Waals surface area contributed by atoms with Crippen LogP contribution in [0, 0.1) is 0 Å². The minimum absolute atomic E-state index is 0.00861. The summed E-state index contributed by atoms with van der Waals surface area (Å²) in [6.07, 6.45) is 0.250. The van der Waals surface area contributed by atoms with Crippen LogP contribution in [-0.2, 0) is 15.7 Å². The smallest absolute Gasteiger partial charge is 0.238 e. The van der Waals surface area contributed by atoms with Crippen LogP contribution >= 0.6 is 0 Å². The molecule has 0 aliphatic carbocycles. The molecule has 1 aliphatic rings. The summed E-state index contributed by atoms with van der Waals surface area (Å²) in [5.74, 6) is 0.675. The number of aliphatic hydroxyl groups is 1. The first kappa shape index (κ1) is 20.1. The second kappa shape index (κ2) is 7.56. The van der Waals surface area contributed by atoms with Gasteiger partial charge >= 0.3 is 0 Å². The van der Waals surface area contributed by atoms with Gasteiger partial charge in [0.1, 0.15) is 5.75 Å². The monoisotopic (exact) mass is 423 g/mol. The molecule has 30 heavy (non-hydrogen) atoms. The second-order valence-corrected chi connectivity index (χ2v) is 8.55. The largest absolute Gasteiger partial charge is 0.497 e. The summed E-state index contributed by atoms with van der Waals surface area (Å²) < 4.78 is 28.4. The lowest BCUT2D eigenvalue weighted by atomic mass is 9.94. The Bertz CT molecular complexity index is 1180. The quantitative estimate of drug-likeness (QED) is 0.657. The number of rotatable bonds is 5. The fraction of sp³-hybridized carbons (Fsp3) is 0.136. The Hall–Kier alpha value is -3.20. The molecule has 1 unspecified atom stereocenters. The summed E-state index contributed by atoms with van der Waals surface area (Å²) in [6, 6.07) is 22.7. The third-order valence-electron chi connectivity index (χ3n) is 5.05. The Morgan fingerprint density at radius 3 is 2.20 bits per heavy atom. The first-order valence-electron chi connectivity index (χ1n) is 9.24. The van der Waals surface area contributed by atoms with Gasteiger partial charge in [-0.1, -0.05) is 42.5 Å². The predicted molar refractivity (Wildman–Crippen MR) is 115 cm³/mol. The van der Waals surface area contributed by atoms with Crippen molar-refractivity contribution in [3.05, 3.63) is 90.0 Å². The number of methoxy groups -OCH3 is 1. The lowest BCUT2D eigenvalue weighted by molar-refractivity contribution is 0.0493. The van der Waals surface area contributed by atoms with Gasteiger partial charge in [-0.3, -0.25) is 0 Å². The minimum atomic E-state index is -3.82. The van der Waals surface area contributed by atoms with Gasteiger partial charge in [0.2, 0.25) is 10.0 Å². The predicted octanol–water partition coefficient (Wildman–Crippen LogP) is 2.80. The third kappa shape index (κ3) is 3.68. The molecule has 7 nitrogen and oxygen atoms in total. The topological polar surface area (TPSA) is 105 Å². The number of hydrogen-bond donors (Lipinski definition) is 2. The van der Waals surface area contributed by atoms with Crippen LogP contribution in [0.1, 0.15) is 17.5 Å². The van der Waals surface area contributed by atoms with Crippen molar-refractivity contribution in [1.82, 2.24) is 0 Å². The number of benzene rings is 3. The van der Waals surface area contributed by atoms with Gasteiger partial charge in [-0.25, -0.2) is 18.6 Å². The molecule has 0 radical (unpaired) electrons. The van der Waals surface area contributed by atoms with Gasteiger partial charge in [-0.05, 0) is 42.0 Å². The molecule has 8 heteroatoms. The summed E-state index contributed by atoms with van der Waals surface area (Å²) in [5, 5.41) is 23.1. The summed E-state index contributed by atoms with van der Waals surface area (Å²) >= 11 is 0. The van der Waals surface area contributed by atoms with E-state index in [1.807, 2.05) is 30.3 Å². The SMILES string of the molecule is COc1ccc(C2(O)CC(c3ccccc3)=NN2c2ccc(S(N)(=O)=O)cc2)cc1. The van der Waals surface area contributed by atoms with Gasteiger partial charge in [-0.15, -0.1) is 0 Å². The van der Waals surface area contributed by atoms with Crippen molar-refractivity contribution < 1.29 is 18.3 Å². The van der Waals surface area contributed by atoms with Crippen molar-refractivity contribution in [3.8, 4) is 5.75 Å². The molecule has 0 amide bonds. The van der Waals surface area contributed by atoms with Crippen LogP contribution in [-0.4, -0.2) is 26.3 Å². The van der Waals surface area contributed by atoms with Gasteiger partial charge < -0.3 is 9.84 Å². The average molecular weight is 423 g/mol. The molecule has 3 aromatic rings. The van der Waals surface area contributed by atoms with Crippen LogP contribution in [0.15, 0.2) is 88.9 Å². The first-order valence-corrected chi connectivity index (χ1v) is 10.8. The maximum absolute atomic E-state index is 11.7. The minimum Gasteiger partial charge on any atom is -0.497 e. The van der Waals surface area contributed by atoms with Crippen molar-refractivity contribution in [2.75, 3.05) is 12.1 Å². The molecule has 0 bridgehead atoms. The molecule has 0 spiro atoms. The van der Waals surface area contributed by atoms with Crippen LogP contribution in [0.3, 0.4) is 0 Å². The van der Waals surface area contributed by atoms with Crippen LogP contribution < -0.4 is 14.9 Å². The molecule has 0 aromatic heterocycles. The number of sulfonamides is 1. The van der Waals surface area contributed by atoms with E-state index in [-0.39, 0.29) is 11.3 Å². The van der Waals surface area contributed by atoms with Crippen molar-refractivity contribution in [1.29, 1.82) is 0 Å². The van der Waals surface area contributed by atoms with Crippen molar-refractivity contribution in [3.63, 3.8) is 0 Å². The molecular weight excluding hydrogens is 402 g/mol. The van der Waals surface area contributed by atoms with E-state index >= 15 is 0 Å². The van der Waals surface area contributed by atoms with E-state index in [9.17, 15) is 13.5 Å². The molecule has 1 heterocycles. The maximum Gasteiger partial charge on any atom is 0.238 e. The summed E-state index contributed by atoms with van der Waals surface area (Å²) in [7, 11) is -2.24. The van der Waals surface area contributed by atoms with Crippen LogP contribution in [0.2, 0.25) is 0 Å². The molecule has 0 fully saturated rings. The molecule has 3 N–H and O–H groups in total. The number of nitrogens with zero attached hydrogens (tertiary/aromatic N) is 2. The highest BCUT2D eigenvalue weighted by atomic mass is 32.2. The van der Waals surface area contributed by atoms with E-state index < -0.39 is 15.7 Å². The fourth-order valence-corrected chi connectivity index (χ4v) is 3.98. The Balaban J connectivity index is 1.80. The Morgan fingerprint density at radius 1 is 1.00 bits per heavy atom. The van der Waals surface area contributed by atoms with Crippen molar-refractivity contribution in [2.45, 2.75) is 17.0 Å². The van der Waals surface area contributed by atoms with Gasteiger partial charge in [-0.2, -0.15) is 5.10 Å². The zero-order valence-corrected chi connectivity index (χ0v) is 17.1. The summed E-state index contributed by atoms with van der Waals surface area (Å²) in [4.78, 5) is -0.00861. The molecule has 1 atom stereocenters. The van der Waals surface area contributed by atoms with Gasteiger partial charge in [0.25, 0.3) is 0 Å². The van der Waals surface area contributed by atoms with Crippen LogP contribution in [0.5, 0.6) is 5.75 Å². The molecule has 4 rings (SSSR count). The zero-order valence-electron chi connectivity index (χ0n) is 16.3. The molecule has 3 aromatic carbocycles. The summed E-state index contributed by atoms with van der Waals surface area (Å²) in [5.41, 5.74) is 1.32. The van der Waals surface area contributed by atoms with E-state index in [1.54, 1.807) is 43.5 Å². The molecule has 0 saturated carbocycles. The highest BCUT2D eigenvalue weighted by Crippen LogP contribution is 2.40. The number of primary sulfonamides is 1. The normalized spacial score (nSPS) is 18.9. The number of hydrogen-bond acceptors (Lipinski definition) is 6. The van der Waals surface area contributed by atoms with Gasteiger partial charge in [0.05, 0.1) is 23.4 Å². The standard InChI is InChI=1S/C22H21N3O4S/c1-29-19-11-7-17(8-12-19)22(26)15-21(16-5-3-2-4-6-16)24-25(22)18-9-13-20(14-10-18)30(23,27)28/h2-14,26H,15H2,1H3,(H2,23,27,28). The highest BCUT2D eigenvalue weighted by Gasteiger charge is 2.43. The lowest BCUT2D eigenvalue weighted by Gasteiger charge is -2.33. The highest BCUT2D eigenvalue weighted by molar-refractivity contribution is 7.89. The van der Waals surface area contributed by atoms with E-state index in [2.05, 4.69) is 5.10 Å². The van der Waals surface area contributed by atoms with E-state index in [0.717, 1.165) is 5.56 Å². The molecule has 154 valence electrons. The third-order valence-corrected chi connectivity index (χ3v) is 5.98. The van der Waals surface area contributed by atoms with Crippen molar-refractivity contribution in [2.24, 2.45) is 10.2 Å². The van der Waals surface area contributed by atoms with Crippen LogP contribution in [0.25, 0.3) is 0 Å². The average Bonchev–Trinajstić information content (AvgIpc) is 3.12. The molecule has 1 aliphatic heterocycles. The Morgan fingerprint density at radius 2 is 1.63 bits per heavy atom. The van der Waals surface area contributed by atoms with Gasteiger partial charge in [0, 0.05) is 12.0 Å². The Kier molecular flexibility index (Phi) is 5.07. The lowest BCUT2D eigenvalue weighted by Crippen LogP contribution is -2.40. The maximum atomic E-state index is 11.7. The Labute approximate surface area is 175 Å². The number of hydrazone groups is 1. The molecule has 0 saturated heterocycles.